The lowest BCUT2D eigenvalue weighted by Crippen LogP contribution is -1.89. The summed E-state index contributed by atoms with van der Waals surface area (Å²) in [5.74, 6) is -0.0378. The number of aldehydes is 1. The fourth-order valence-corrected chi connectivity index (χ4v) is 1.11. The Labute approximate surface area is 82.2 Å². The van der Waals surface area contributed by atoms with Crippen LogP contribution in [0.1, 0.15) is 15.9 Å². The van der Waals surface area contributed by atoms with E-state index in [0.29, 0.717) is 11.9 Å². The highest BCUT2D eigenvalue weighted by molar-refractivity contribution is 5.83. The van der Waals surface area contributed by atoms with Crippen LogP contribution in [-0.2, 0) is 0 Å². The molecule has 0 unspecified atom stereocenters. The molecule has 3 heteroatoms. The van der Waals surface area contributed by atoms with E-state index in [1.165, 1.54) is 12.3 Å². The quantitative estimate of drug-likeness (QED) is 0.561. The van der Waals surface area contributed by atoms with Crippen molar-refractivity contribution in [3.8, 4) is 5.75 Å². The Kier molecular flexibility index (Phi) is 3.07. The number of rotatable bonds is 3. The predicted molar refractivity (Wildman–Crippen MR) is 55.9 cm³/mol. The zero-order valence-corrected chi connectivity index (χ0v) is 7.60. The zero-order chi connectivity index (χ0) is 10.6. The van der Waals surface area contributed by atoms with E-state index in [0.717, 1.165) is 5.56 Å². The van der Waals surface area contributed by atoms with Crippen molar-refractivity contribution >= 4 is 11.9 Å². The number of hydrogen-bond acceptors (Lipinski definition) is 3. The predicted octanol–water partition coefficient (Wildman–Crippen LogP) is 1.69. The summed E-state index contributed by atoms with van der Waals surface area (Å²) in [7, 11) is 0. The molecule has 0 saturated carbocycles. The molecule has 0 heterocycles. The van der Waals surface area contributed by atoms with Gasteiger partial charge in [-0.2, -0.15) is 0 Å². The number of phenols is 1. The van der Waals surface area contributed by atoms with Crippen LogP contribution in [-0.4, -0.2) is 11.4 Å². The minimum atomic E-state index is -0.0378. The van der Waals surface area contributed by atoms with Gasteiger partial charge in [0.2, 0.25) is 0 Å². The molecule has 1 aromatic carbocycles. The van der Waals surface area contributed by atoms with Crippen molar-refractivity contribution in [3.63, 3.8) is 0 Å². The molecule has 72 valence electrons. The third-order valence-corrected chi connectivity index (χ3v) is 1.89. The third kappa shape index (κ3) is 1.82. The highest BCUT2D eigenvalue weighted by atomic mass is 16.3. The van der Waals surface area contributed by atoms with E-state index >= 15 is 0 Å². The van der Waals surface area contributed by atoms with E-state index in [2.05, 4.69) is 6.58 Å². The van der Waals surface area contributed by atoms with Crippen molar-refractivity contribution < 1.29 is 9.90 Å². The first-order valence-corrected chi connectivity index (χ1v) is 4.05. The van der Waals surface area contributed by atoms with Gasteiger partial charge in [0.15, 0.2) is 6.29 Å². The second-order valence-electron chi connectivity index (χ2n) is 2.72. The van der Waals surface area contributed by atoms with Crippen LogP contribution in [0, 0.1) is 0 Å². The van der Waals surface area contributed by atoms with Gasteiger partial charge < -0.3 is 10.8 Å². The van der Waals surface area contributed by atoms with Crippen molar-refractivity contribution in [3.05, 3.63) is 48.2 Å². The average molecular weight is 189 g/mol. The smallest absolute Gasteiger partial charge is 0.153 e. The summed E-state index contributed by atoms with van der Waals surface area (Å²) in [6.07, 6.45) is 3.57. The lowest BCUT2D eigenvalue weighted by atomic mass is 10.0. The van der Waals surface area contributed by atoms with Crippen LogP contribution in [0.3, 0.4) is 0 Å². The molecular weight excluding hydrogens is 178 g/mol. The zero-order valence-electron chi connectivity index (χ0n) is 7.60. The van der Waals surface area contributed by atoms with Gasteiger partial charge in [-0.3, -0.25) is 4.79 Å². The second kappa shape index (κ2) is 4.28. The van der Waals surface area contributed by atoms with Gasteiger partial charge >= 0.3 is 0 Å². The molecule has 0 bridgehead atoms. The summed E-state index contributed by atoms with van der Waals surface area (Å²) in [6, 6.07) is 4.68. The summed E-state index contributed by atoms with van der Waals surface area (Å²) in [5, 5.41) is 9.25. The number of nitrogens with two attached hydrogens (primary N) is 1. The van der Waals surface area contributed by atoms with Crippen LogP contribution >= 0.6 is 0 Å². The first kappa shape index (κ1) is 10.1. The molecule has 0 radical (unpaired) electrons. The molecule has 3 nitrogen and oxygen atoms in total. The average Bonchev–Trinajstić information content (AvgIpc) is 2.22. The third-order valence-electron chi connectivity index (χ3n) is 1.89. The molecule has 1 aromatic rings. The van der Waals surface area contributed by atoms with Crippen LogP contribution in [0.15, 0.2) is 37.1 Å². The minimum Gasteiger partial charge on any atom is -0.507 e. The Bertz CT molecular complexity index is 394. The lowest BCUT2D eigenvalue weighted by Gasteiger charge is -2.03. The molecule has 0 amide bonds. The topological polar surface area (TPSA) is 63.3 Å². The summed E-state index contributed by atoms with van der Waals surface area (Å²) < 4.78 is 0. The van der Waals surface area contributed by atoms with Gasteiger partial charge in [0, 0.05) is 6.20 Å². The van der Waals surface area contributed by atoms with Crippen LogP contribution in [0.25, 0.3) is 5.57 Å². The van der Waals surface area contributed by atoms with Crippen LogP contribution < -0.4 is 5.73 Å². The van der Waals surface area contributed by atoms with Crippen molar-refractivity contribution in [1.29, 1.82) is 0 Å². The Balaban J connectivity index is 3.24. The summed E-state index contributed by atoms with van der Waals surface area (Å²) in [4.78, 5) is 10.5. The SMILES string of the molecule is C=C/C(=C\N)c1ccc(O)c(C=O)c1. The molecule has 0 aliphatic carbocycles. The van der Waals surface area contributed by atoms with Gasteiger partial charge in [-0.25, -0.2) is 0 Å². The number of aromatic hydroxyl groups is 1. The van der Waals surface area contributed by atoms with Crippen LogP contribution in [0.4, 0.5) is 0 Å². The van der Waals surface area contributed by atoms with Gasteiger partial charge in [0.1, 0.15) is 5.75 Å². The lowest BCUT2D eigenvalue weighted by molar-refractivity contribution is 0.112. The largest absolute Gasteiger partial charge is 0.507 e. The molecule has 14 heavy (non-hydrogen) atoms. The first-order chi connectivity index (χ1) is 6.72. The van der Waals surface area contributed by atoms with E-state index < -0.39 is 0 Å². The Morgan fingerprint density at radius 3 is 2.71 bits per heavy atom. The molecule has 3 N–H and O–H groups in total. The van der Waals surface area contributed by atoms with Gasteiger partial charge in [-0.15, -0.1) is 0 Å². The first-order valence-electron chi connectivity index (χ1n) is 4.05. The summed E-state index contributed by atoms with van der Waals surface area (Å²) in [6.45, 7) is 3.59. The number of benzene rings is 1. The number of phenolic OH excluding ortho intramolecular Hbond substituents is 1. The van der Waals surface area contributed by atoms with Crippen LogP contribution in [0.5, 0.6) is 5.75 Å². The molecule has 0 fully saturated rings. The molecule has 0 saturated heterocycles. The fourth-order valence-electron chi connectivity index (χ4n) is 1.11. The van der Waals surface area contributed by atoms with E-state index in [-0.39, 0.29) is 11.3 Å². The maximum Gasteiger partial charge on any atom is 0.153 e. The number of hydrogen-bond donors (Lipinski definition) is 2. The molecule has 0 spiro atoms. The fraction of sp³-hybridized carbons (Fsp3) is 0. The Hall–Kier alpha value is -2.03. The summed E-state index contributed by atoms with van der Waals surface area (Å²) >= 11 is 0. The number of allylic oxidation sites excluding steroid dienone is 2. The van der Waals surface area contributed by atoms with Crippen LogP contribution in [0.2, 0.25) is 0 Å². The van der Waals surface area contributed by atoms with Crippen molar-refractivity contribution in [1.82, 2.24) is 0 Å². The van der Waals surface area contributed by atoms with Gasteiger partial charge in [-0.05, 0) is 23.3 Å². The van der Waals surface area contributed by atoms with Gasteiger partial charge in [0.05, 0.1) is 5.56 Å². The molecule has 0 aromatic heterocycles. The maximum absolute atomic E-state index is 10.5. The van der Waals surface area contributed by atoms with Crippen molar-refractivity contribution in [2.24, 2.45) is 5.73 Å². The van der Waals surface area contributed by atoms with E-state index in [4.69, 9.17) is 5.73 Å². The van der Waals surface area contributed by atoms with Crippen molar-refractivity contribution in [2.45, 2.75) is 0 Å². The molecule has 0 atom stereocenters. The Morgan fingerprint density at radius 1 is 1.50 bits per heavy atom. The highest BCUT2D eigenvalue weighted by Gasteiger charge is 2.03. The van der Waals surface area contributed by atoms with E-state index in [9.17, 15) is 9.90 Å². The second-order valence-corrected chi connectivity index (χ2v) is 2.72. The van der Waals surface area contributed by atoms with Crippen molar-refractivity contribution in [2.75, 3.05) is 0 Å². The van der Waals surface area contributed by atoms with E-state index in [1.54, 1.807) is 18.2 Å². The normalized spacial score (nSPS) is 11.0. The maximum atomic E-state index is 10.5. The Morgan fingerprint density at radius 2 is 2.21 bits per heavy atom. The van der Waals surface area contributed by atoms with Gasteiger partial charge in [0.25, 0.3) is 0 Å². The van der Waals surface area contributed by atoms with Gasteiger partial charge in [-0.1, -0.05) is 18.7 Å². The molecular formula is C11H11NO2. The standard InChI is InChI=1S/C11H11NO2/c1-2-8(6-12)9-3-4-11(14)10(5-9)7-13/h2-7,14H,1,12H2/b8-6+. The summed E-state index contributed by atoms with van der Waals surface area (Å²) in [5.41, 5.74) is 7.07. The molecule has 0 aliphatic rings. The molecule has 0 aliphatic heterocycles. The number of carbonyl (C=O) groups excluding carboxylic acids is 1. The number of carbonyl (C=O) groups is 1. The highest BCUT2D eigenvalue weighted by Crippen LogP contribution is 2.21. The molecule has 1 rings (SSSR count). The monoisotopic (exact) mass is 189 g/mol. The minimum absolute atomic E-state index is 0.0378. The van der Waals surface area contributed by atoms with E-state index in [1.807, 2.05) is 0 Å².